The molecule has 0 saturated carbocycles. The van der Waals surface area contributed by atoms with Gasteiger partial charge in [-0.3, -0.25) is 4.72 Å². The van der Waals surface area contributed by atoms with Crippen molar-refractivity contribution in [2.75, 3.05) is 4.72 Å². The van der Waals surface area contributed by atoms with Gasteiger partial charge in [0, 0.05) is 11.5 Å². The van der Waals surface area contributed by atoms with Crippen molar-refractivity contribution < 1.29 is 8.42 Å². The van der Waals surface area contributed by atoms with Crippen LogP contribution in [0.2, 0.25) is 0 Å². The molecule has 2 heterocycles. The predicted molar refractivity (Wildman–Crippen MR) is 106 cm³/mol. The fourth-order valence-electron chi connectivity index (χ4n) is 2.98. The standard InChI is InChI=1S/C20H18N4O2S/c1-14-12-19(21-18-11-7-6-10-17(14)18)24-20(13-15(2)22-24)23-27(25,26)16-8-4-3-5-9-16/h3-13,23H,1-2H3. The lowest BCUT2D eigenvalue weighted by atomic mass is 10.1. The van der Waals surface area contributed by atoms with Crippen LogP contribution in [0.25, 0.3) is 16.7 Å². The van der Waals surface area contributed by atoms with Crippen LogP contribution in [0, 0.1) is 13.8 Å². The number of hydrogen-bond acceptors (Lipinski definition) is 4. The number of rotatable bonds is 4. The monoisotopic (exact) mass is 378 g/mol. The van der Waals surface area contributed by atoms with Gasteiger partial charge < -0.3 is 0 Å². The topological polar surface area (TPSA) is 76.9 Å². The maximum Gasteiger partial charge on any atom is 0.263 e. The Morgan fingerprint density at radius 1 is 0.926 bits per heavy atom. The molecule has 0 radical (unpaired) electrons. The van der Waals surface area contributed by atoms with Crippen molar-refractivity contribution in [2.24, 2.45) is 0 Å². The molecule has 4 rings (SSSR count). The molecule has 0 bridgehead atoms. The van der Waals surface area contributed by atoms with Gasteiger partial charge in [0.25, 0.3) is 10.0 Å². The smallest absolute Gasteiger partial charge is 0.263 e. The molecule has 0 aliphatic rings. The Hall–Kier alpha value is -3.19. The molecule has 2 aromatic carbocycles. The van der Waals surface area contributed by atoms with Gasteiger partial charge in [0.05, 0.1) is 16.1 Å². The van der Waals surface area contributed by atoms with Crippen LogP contribution >= 0.6 is 0 Å². The summed E-state index contributed by atoms with van der Waals surface area (Å²) in [6.07, 6.45) is 0. The molecule has 1 N–H and O–H groups in total. The number of para-hydroxylation sites is 1. The third kappa shape index (κ3) is 3.29. The Morgan fingerprint density at radius 3 is 2.41 bits per heavy atom. The summed E-state index contributed by atoms with van der Waals surface area (Å²) in [6, 6.07) is 19.7. The van der Waals surface area contributed by atoms with Gasteiger partial charge in [-0.2, -0.15) is 9.78 Å². The summed E-state index contributed by atoms with van der Waals surface area (Å²) in [5.41, 5.74) is 2.56. The summed E-state index contributed by atoms with van der Waals surface area (Å²) < 4.78 is 29.5. The van der Waals surface area contributed by atoms with E-state index in [2.05, 4.69) is 14.8 Å². The van der Waals surface area contributed by atoms with Gasteiger partial charge in [-0.1, -0.05) is 36.4 Å². The molecule has 0 aliphatic carbocycles. The van der Waals surface area contributed by atoms with Gasteiger partial charge in [0.1, 0.15) is 5.82 Å². The zero-order chi connectivity index (χ0) is 19.0. The van der Waals surface area contributed by atoms with E-state index in [0.29, 0.717) is 17.3 Å². The number of fused-ring (bicyclic) bond motifs is 1. The van der Waals surface area contributed by atoms with E-state index in [-0.39, 0.29) is 4.90 Å². The molecule has 0 spiro atoms. The van der Waals surface area contributed by atoms with E-state index in [1.807, 2.05) is 44.2 Å². The van der Waals surface area contributed by atoms with Crippen LogP contribution in [0.4, 0.5) is 5.82 Å². The number of anilines is 1. The predicted octanol–water partition coefficient (Wildman–Crippen LogP) is 3.84. The minimum Gasteiger partial charge on any atom is -0.263 e. The third-order valence-electron chi connectivity index (χ3n) is 4.25. The molecule has 0 unspecified atom stereocenters. The summed E-state index contributed by atoms with van der Waals surface area (Å²) >= 11 is 0. The van der Waals surface area contributed by atoms with Gasteiger partial charge in [-0.25, -0.2) is 13.4 Å². The molecule has 136 valence electrons. The van der Waals surface area contributed by atoms with Crippen LogP contribution in [0.5, 0.6) is 0 Å². The van der Waals surface area contributed by atoms with E-state index >= 15 is 0 Å². The highest BCUT2D eigenvalue weighted by Crippen LogP contribution is 2.24. The molecule has 7 heteroatoms. The first-order chi connectivity index (χ1) is 12.9. The molecule has 0 amide bonds. The van der Waals surface area contributed by atoms with Crippen LogP contribution in [0.1, 0.15) is 11.3 Å². The van der Waals surface area contributed by atoms with E-state index in [1.165, 1.54) is 4.68 Å². The van der Waals surface area contributed by atoms with Crippen molar-refractivity contribution >= 4 is 26.7 Å². The maximum absolute atomic E-state index is 12.7. The number of nitrogens with one attached hydrogen (secondary N) is 1. The van der Waals surface area contributed by atoms with Gasteiger partial charge in [0.15, 0.2) is 5.82 Å². The summed E-state index contributed by atoms with van der Waals surface area (Å²) in [7, 11) is -3.72. The average Bonchev–Trinajstić information content (AvgIpc) is 3.02. The highest BCUT2D eigenvalue weighted by atomic mass is 32.2. The van der Waals surface area contributed by atoms with Crippen molar-refractivity contribution in [3.05, 3.63) is 78.0 Å². The summed E-state index contributed by atoms with van der Waals surface area (Å²) in [5, 5.41) is 5.49. The zero-order valence-electron chi connectivity index (χ0n) is 14.9. The van der Waals surface area contributed by atoms with Crippen molar-refractivity contribution in [3.63, 3.8) is 0 Å². The van der Waals surface area contributed by atoms with Crippen molar-refractivity contribution in [1.29, 1.82) is 0 Å². The lowest BCUT2D eigenvalue weighted by molar-refractivity contribution is 0.600. The van der Waals surface area contributed by atoms with Crippen molar-refractivity contribution in [3.8, 4) is 5.82 Å². The third-order valence-corrected chi connectivity index (χ3v) is 5.62. The fourth-order valence-corrected chi connectivity index (χ4v) is 4.04. The molecule has 6 nitrogen and oxygen atoms in total. The molecule has 27 heavy (non-hydrogen) atoms. The number of hydrogen-bond donors (Lipinski definition) is 1. The normalized spacial score (nSPS) is 11.6. The summed E-state index contributed by atoms with van der Waals surface area (Å²) in [4.78, 5) is 4.84. The molecule has 0 saturated heterocycles. The largest absolute Gasteiger partial charge is 0.263 e. The summed E-state index contributed by atoms with van der Waals surface area (Å²) in [6.45, 7) is 3.81. The van der Waals surface area contributed by atoms with Crippen LogP contribution in [-0.4, -0.2) is 23.2 Å². The second-order valence-electron chi connectivity index (χ2n) is 6.32. The first kappa shape index (κ1) is 17.2. The van der Waals surface area contributed by atoms with Crippen molar-refractivity contribution in [1.82, 2.24) is 14.8 Å². The van der Waals surface area contributed by atoms with E-state index in [4.69, 9.17) is 0 Å². The second-order valence-corrected chi connectivity index (χ2v) is 8.00. The quantitative estimate of drug-likeness (QED) is 0.585. The Morgan fingerprint density at radius 2 is 1.63 bits per heavy atom. The Balaban J connectivity index is 1.81. The number of nitrogens with zero attached hydrogens (tertiary/aromatic N) is 3. The average molecular weight is 378 g/mol. The number of sulfonamides is 1. The summed E-state index contributed by atoms with van der Waals surface area (Å²) in [5.74, 6) is 0.906. The molecular weight excluding hydrogens is 360 g/mol. The lowest BCUT2D eigenvalue weighted by Crippen LogP contribution is -2.16. The number of pyridine rings is 1. The fraction of sp³-hybridized carbons (Fsp3) is 0.100. The first-order valence-electron chi connectivity index (χ1n) is 8.45. The molecule has 2 aromatic heterocycles. The highest BCUT2D eigenvalue weighted by Gasteiger charge is 2.18. The number of aryl methyl sites for hydroxylation is 2. The Labute approximate surface area is 157 Å². The lowest BCUT2D eigenvalue weighted by Gasteiger charge is -2.11. The van der Waals surface area contributed by atoms with Gasteiger partial charge in [-0.05, 0) is 43.7 Å². The first-order valence-corrected chi connectivity index (χ1v) is 9.94. The van der Waals surface area contributed by atoms with E-state index < -0.39 is 10.0 Å². The minimum atomic E-state index is -3.72. The van der Waals surface area contributed by atoms with Crippen LogP contribution in [0.15, 0.2) is 71.6 Å². The SMILES string of the molecule is Cc1cc(NS(=O)(=O)c2ccccc2)n(-c2cc(C)c3ccccc3n2)n1. The zero-order valence-corrected chi connectivity index (χ0v) is 15.7. The maximum atomic E-state index is 12.7. The van der Waals surface area contributed by atoms with Crippen molar-refractivity contribution in [2.45, 2.75) is 18.7 Å². The van der Waals surface area contributed by atoms with Crippen LogP contribution in [0.3, 0.4) is 0 Å². The Kier molecular flexibility index (Phi) is 4.16. The van der Waals surface area contributed by atoms with E-state index in [1.54, 1.807) is 36.4 Å². The highest BCUT2D eigenvalue weighted by molar-refractivity contribution is 7.92. The van der Waals surface area contributed by atoms with Crippen LogP contribution in [-0.2, 0) is 10.0 Å². The molecular formula is C20H18N4O2S. The molecule has 0 aliphatic heterocycles. The number of aromatic nitrogens is 3. The second kappa shape index (κ2) is 6.51. The Bertz CT molecular complexity index is 1230. The van der Waals surface area contributed by atoms with Gasteiger partial charge in [-0.15, -0.1) is 0 Å². The molecule has 0 fully saturated rings. The number of benzene rings is 2. The molecule has 0 atom stereocenters. The van der Waals surface area contributed by atoms with E-state index in [0.717, 1.165) is 16.5 Å². The molecule has 4 aromatic rings. The van der Waals surface area contributed by atoms with Crippen LogP contribution < -0.4 is 4.72 Å². The van der Waals surface area contributed by atoms with Gasteiger partial charge >= 0.3 is 0 Å². The minimum absolute atomic E-state index is 0.193. The van der Waals surface area contributed by atoms with Gasteiger partial charge in [0.2, 0.25) is 0 Å². The van der Waals surface area contributed by atoms with E-state index in [9.17, 15) is 8.42 Å².